The lowest BCUT2D eigenvalue weighted by Crippen LogP contribution is -2.27. The van der Waals surface area contributed by atoms with Crippen LogP contribution in [-0.4, -0.2) is 33.5 Å². The smallest absolute Gasteiger partial charge is 0.252 e. The van der Waals surface area contributed by atoms with Crippen molar-refractivity contribution in [1.82, 2.24) is 14.3 Å². The average molecular weight is 434 g/mol. The molecule has 0 aliphatic carbocycles. The molecular weight excluding hydrogens is 405 g/mol. The van der Waals surface area contributed by atoms with E-state index in [2.05, 4.69) is 28.7 Å². The largest absolute Gasteiger partial charge is 0.381 e. The van der Waals surface area contributed by atoms with Gasteiger partial charge in [0.15, 0.2) is 0 Å². The van der Waals surface area contributed by atoms with E-state index in [-0.39, 0.29) is 11.7 Å². The molecule has 0 atom stereocenters. The minimum absolute atomic E-state index is 0.0429. The summed E-state index contributed by atoms with van der Waals surface area (Å²) in [5, 5.41) is 6.36. The van der Waals surface area contributed by atoms with Gasteiger partial charge in [0.2, 0.25) is 0 Å². The lowest BCUT2D eigenvalue weighted by atomic mass is 9.93. The number of hydrogen-bond acceptors (Lipinski definition) is 3. The topological polar surface area (TPSA) is 49.0 Å². The zero-order valence-electron chi connectivity index (χ0n) is 19.0. The van der Waals surface area contributed by atoms with Crippen molar-refractivity contribution in [3.8, 4) is 5.69 Å². The zero-order valence-corrected chi connectivity index (χ0v) is 19.0. The molecule has 0 amide bonds. The molecule has 0 bridgehead atoms. The predicted molar refractivity (Wildman–Crippen MR) is 124 cm³/mol. The van der Waals surface area contributed by atoms with Gasteiger partial charge in [0.05, 0.1) is 17.2 Å². The SMILES string of the molecule is Cc1c(C2CCOCC2)n(-c2cccc(F)c2)c2cc3cnn(C(=O)C(C)(C)C)c3cc12. The summed E-state index contributed by atoms with van der Waals surface area (Å²) >= 11 is 0. The highest BCUT2D eigenvalue weighted by Gasteiger charge is 2.28. The molecule has 0 N–H and O–H groups in total. The van der Waals surface area contributed by atoms with E-state index >= 15 is 0 Å². The molecule has 5 nitrogen and oxygen atoms in total. The number of benzene rings is 2. The van der Waals surface area contributed by atoms with Crippen molar-refractivity contribution in [3.05, 3.63) is 59.7 Å². The average Bonchev–Trinajstić information content (AvgIpc) is 3.30. The second-order valence-corrected chi connectivity index (χ2v) is 9.75. The monoisotopic (exact) mass is 433 g/mol. The summed E-state index contributed by atoms with van der Waals surface area (Å²) < 4.78 is 23.5. The van der Waals surface area contributed by atoms with E-state index in [1.807, 2.05) is 26.8 Å². The van der Waals surface area contributed by atoms with Gasteiger partial charge in [-0.05, 0) is 55.7 Å². The molecule has 1 saturated heterocycles. The highest BCUT2D eigenvalue weighted by molar-refractivity contribution is 6.02. The Balaban J connectivity index is 1.81. The van der Waals surface area contributed by atoms with Crippen molar-refractivity contribution in [2.45, 2.75) is 46.5 Å². The van der Waals surface area contributed by atoms with E-state index < -0.39 is 5.41 Å². The van der Waals surface area contributed by atoms with Crippen LogP contribution in [0.2, 0.25) is 0 Å². The van der Waals surface area contributed by atoms with Crippen LogP contribution in [0.1, 0.15) is 55.6 Å². The summed E-state index contributed by atoms with van der Waals surface area (Å²) in [6.45, 7) is 9.28. The molecular formula is C26H28FN3O2. The van der Waals surface area contributed by atoms with E-state index in [4.69, 9.17) is 4.74 Å². The summed E-state index contributed by atoms with van der Waals surface area (Å²) in [5.41, 5.74) is 4.43. The van der Waals surface area contributed by atoms with Crippen LogP contribution in [-0.2, 0) is 4.74 Å². The maximum absolute atomic E-state index is 14.2. The molecule has 2 aromatic heterocycles. The summed E-state index contributed by atoms with van der Waals surface area (Å²) in [6, 6.07) is 10.9. The Kier molecular flexibility index (Phi) is 4.93. The molecule has 6 heteroatoms. The third-order valence-corrected chi connectivity index (χ3v) is 6.46. The number of halogens is 1. The number of aromatic nitrogens is 3. The maximum Gasteiger partial charge on any atom is 0.252 e. The Hall–Kier alpha value is -2.99. The van der Waals surface area contributed by atoms with E-state index in [0.717, 1.165) is 59.1 Å². The van der Waals surface area contributed by atoms with Crippen molar-refractivity contribution in [3.63, 3.8) is 0 Å². The number of hydrogen-bond donors (Lipinski definition) is 0. The van der Waals surface area contributed by atoms with Crippen LogP contribution in [0.4, 0.5) is 4.39 Å². The van der Waals surface area contributed by atoms with Gasteiger partial charge >= 0.3 is 0 Å². The molecule has 0 radical (unpaired) electrons. The standard InChI is InChI=1S/C26H28FN3O2/c1-16-21-14-22-18(15-28-30(22)25(31)26(2,3)4)12-23(21)29(20-7-5-6-19(27)13-20)24(16)17-8-10-32-11-9-17/h5-7,12-15,17H,8-11H2,1-4H3. The Morgan fingerprint density at radius 2 is 1.88 bits per heavy atom. The van der Waals surface area contributed by atoms with Crippen LogP contribution in [0.5, 0.6) is 0 Å². The van der Waals surface area contributed by atoms with Gasteiger partial charge in [-0.2, -0.15) is 9.78 Å². The number of nitrogens with zero attached hydrogens (tertiary/aromatic N) is 3. The quantitative estimate of drug-likeness (QED) is 0.389. The summed E-state index contributed by atoms with van der Waals surface area (Å²) in [4.78, 5) is 13.0. The van der Waals surface area contributed by atoms with Crippen LogP contribution in [0, 0.1) is 18.2 Å². The van der Waals surface area contributed by atoms with Gasteiger partial charge < -0.3 is 9.30 Å². The Morgan fingerprint density at radius 1 is 1.12 bits per heavy atom. The number of ether oxygens (including phenoxy) is 1. The first-order valence-corrected chi connectivity index (χ1v) is 11.2. The fourth-order valence-electron chi connectivity index (χ4n) is 4.82. The fraction of sp³-hybridized carbons (Fsp3) is 0.385. The van der Waals surface area contributed by atoms with Gasteiger partial charge in [0, 0.05) is 46.7 Å². The molecule has 0 saturated carbocycles. The number of aryl methyl sites for hydroxylation is 1. The predicted octanol–water partition coefficient (Wildman–Crippen LogP) is 6.01. The van der Waals surface area contributed by atoms with Gasteiger partial charge in [-0.25, -0.2) is 4.39 Å². The van der Waals surface area contributed by atoms with Crippen LogP contribution in [0.15, 0.2) is 42.6 Å². The molecule has 3 heterocycles. The summed E-state index contributed by atoms with van der Waals surface area (Å²) in [5.74, 6) is 0.0264. The Labute approximate surface area is 186 Å². The molecule has 5 rings (SSSR count). The van der Waals surface area contributed by atoms with Crippen molar-refractivity contribution in [1.29, 1.82) is 0 Å². The van der Waals surface area contributed by atoms with Crippen molar-refractivity contribution in [2.24, 2.45) is 5.41 Å². The lowest BCUT2D eigenvalue weighted by molar-refractivity contribution is 0.0755. The number of rotatable bonds is 2. The van der Waals surface area contributed by atoms with E-state index in [1.54, 1.807) is 18.3 Å². The Bertz CT molecular complexity index is 1340. The number of carbonyl (C=O) groups is 1. The van der Waals surface area contributed by atoms with Crippen molar-refractivity contribution >= 4 is 27.7 Å². The number of fused-ring (bicyclic) bond motifs is 2. The van der Waals surface area contributed by atoms with E-state index in [1.165, 1.54) is 16.4 Å². The third kappa shape index (κ3) is 3.34. The van der Waals surface area contributed by atoms with Gasteiger partial charge in [-0.1, -0.05) is 26.8 Å². The highest BCUT2D eigenvalue weighted by atomic mass is 19.1. The first-order chi connectivity index (χ1) is 15.3. The fourth-order valence-corrected chi connectivity index (χ4v) is 4.82. The minimum atomic E-state index is -0.538. The Morgan fingerprint density at radius 3 is 2.56 bits per heavy atom. The van der Waals surface area contributed by atoms with Crippen LogP contribution in [0.3, 0.4) is 0 Å². The summed E-state index contributed by atoms with van der Waals surface area (Å²) in [6.07, 6.45) is 3.61. The molecule has 166 valence electrons. The third-order valence-electron chi connectivity index (χ3n) is 6.46. The number of carbonyl (C=O) groups excluding carboxylic acids is 1. The van der Waals surface area contributed by atoms with Crippen molar-refractivity contribution < 1.29 is 13.9 Å². The summed E-state index contributed by atoms with van der Waals surface area (Å²) in [7, 11) is 0. The second kappa shape index (κ2) is 7.55. The first kappa shape index (κ1) is 20.9. The van der Waals surface area contributed by atoms with Crippen LogP contribution < -0.4 is 0 Å². The first-order valence-electron chi connectivity index (χ1n) is 11.2. The normalized spacial score (nSPS) is 15.7. The van der Waals surface area contributed by atoms with E-state index in [9.17, 15) is 9.18 Å². The molecule has 32 heavy (non-hydrogen) atoms. The molecule has 2 aromatic carbocycles. The van der Waals surface area contributed by atoms with Gasteiger partial charge in [-0.15, -0.1) is 0 Å². The zero-order chi connectivity index (χ0) is 22.6. The van der Waals surface area contributed by atoms with Crippen molar-refractivity contribution in [2.75, 3.05) is 13.2 Å². The molecule has 4 aromatic rings. The molecule has 0 spiro atoms. The minimum Gasteiger partial charge on any atom is -0.381 e. The maximum atomic E-state index is 14.2. The van der Waals surface area contributed by atoms with Crippen LogP contribution in [0.25, 0.3) is 27.5 Å². The molecule has 1 aliphatic heterocycles. The molecule has 1 fully saturated rings. The van der Waals surface area contributed by atoms with Gasteiger partial charge in [-0.3, -0.25) is 4.79 Å². The second-order valence-electron chi connectivity index (χ2n) is 9.75. The van der Waals surface area contributed by atoms with E-state index in [0.29, 0.717) is 5.92 Å². The molecule has 0 unspecified atom stereocenters. The lowest BCUT2D eigenvalue weighted by Gasteiger charge is -2.25. The van der Waals surface area contributed by atoms with Crippen LogP contribution >= 0.6 is 0 Å². The van der Waals surface area contributed by atoms with Gasteiger partial charge in [0.25, 0.3) is 5.91 Å². The highest BCUT2D eigenvalue weighted by Crippen LogP contribution is 2.39. The molecule has 1 aliphatic rings. The van der Waals surface area contributed by atoms with Gasteiger partial charge in [0.1, 0.15) is 5.82 Å².